The van der Waals surface area contributed by atoms with Gasteiger partial charge >= 0.3 is 0 Å². The number of rotatable bonds is 16. The maximum Gasteiger partial charge on any atom is 0.261 e. The molecule has 5 rings (SSSR count). The van der Waals surface area contributed by atoms with Gasteiger partial charge in [-0.25, -0.2) is 0 Å². The number of ether oxygens (including phenoxy) is 5. The third-order valence-corrected chi connectivity index (χ3v) is 14.7. The normalized spacial score (nSPS) is 21.4. The average Bonchev–Trinajstić information content (AvgIpc) is 3.43. The second kappa shape index (κ2) is 18.0. The Morgan fingerprint density at radius 1 is 0.942 bits per heavy atom. The monoisotopic (exact) mass is 722 g/mol. The molecular formula is C45H58O6Si. The molecule has 0 amide bonds. The van der Waals surface area contributed by atoms with Gasteiger partial charge in [0.05, 0.1) is 45.2 Å². The van der Waals surface area contributed by atoms with Gasteiger partial charge in [-0.3, -0.25) is 0 Å². The van der Waals surface area contributed by atoms with Crippen LogP contribution in [-0.4, -0.2) is 58.8 Å². The first-order valence-electron chi connectivity index (χ1n) is 18.5. The molecule has 2 heterocycles. The Balaban J connectivity index is 1.31. The Hall–Kier alpha value is -3.56. The van der Waals surface area contributed by atoms with Crippen LogP contribution in [0.4, 0.5) is 0 Å². The lowest BCUT2D eigenvalue weighted by Crippen LogP contribution is -2.66. The SMILES string of the molecule is C=C(CO[Si](c1ccccc1)(c1ccccc1)C(C)(C)C)C[C@@H](/C=C/C[C@@H]1OC(C)(C)O[C@H]1/C=C/[C@@H]1CC(C)=CCO1)OCc1ccc(OC)cc1. The summed E-state index contributed by atoms with van der Waals surface area (Å²) >= 11 is 0. The van der Waals surface area contributed by atoms with Gasteiger partial charge in [0, 0.05) is 6.42 Å². The fourth-order valence-corrected chi connectivity index (χ4v) is 11.7. The van der Waals surface area contributed by atoms with Gasteiger partial charge in [-0.2, -0.15) is 0 Å². The van der Waals surface area contributed by atoms with Crippen LogP contribution in [0, 0.1) is 0 Å². The zero-order valence-corrected chi connectivity index (χ0v) is 33.2. The first-order chi connectivity index (χ1) is 24.9. The predicted octanol–water partition coefficient (Wildman–Crippen LogP) is 8.86. The van der Waals surface area contributed by atoms with Crippen molar-refractivity contribution in [3.63, 3.8) is 0 Å². The van der Waals surface area contributed by atoms with E-state index in [2.05, 4.69) is 125 Å². The van der Waals surface area contributed by atoms with Crippen LogP contribution in [0.2, 0.25) is 5.04 Å². The lowest BCUT2D eigenvalue weighted by molar-refractivity contribution is -0.142. The number of methoxy groups -OCH3 is 1. The average molecular weight is 723 g/mol. The zero-order chi connectivity index (χ0) is 37.2. The molecule has 0 bridgehead atoms. The van der Waals surface area contributed by atoms with Gasteiger partial charge in [-0.1, -0.05) is 142 Å². The fourth-order valence-electron chi connectivity index (χ4n) is 7.13. The molecule has 7 heteroatoms. The molecule has 3 aromatic rings. The van der Waals surface area contributed by atoms with E-state index in [4.69, 9.17) is 28.1 Å². The van der Waals surface area contributed by atoms with Crippen LogP contribution in [0.25, 0.3) is 0 Å². The summed E-state index contributed by atoms with van der Waals surface area (Å²) in [6.45, 7) is 19.0. The molecule has 1 fully saturated rings. The maximum atomic E-state index is 7.21. The molecule has 52 heavy (non-hydrogen) atoms. The quantitative estimate of drug-likeness (QED) is 0.109. The van der Waals surface area contributed by atoms with E-state index in [-0.39, 0.29) is 29.5 Å². The molecular weight excluding hydrogens is 665 g/mol. The van der Waals surface area contributed by atoms with E-state index in [0.717, 1.165) is 23.3 Å². The van der Waals surface area contributed by atoms with Gasteiger partial charge in [0.25, 0.3) is 8.32 Å². The van der Waals surface area contributed by atoms with E-state index in [1.54, 1.807) is 7.11 Å². The molecule has 278 valence electrons. The highest BCUT2D eigenvalue weighted by atomic mass is 28.4. The van der Waals surface area contributed by atoms with Gasteiger partial charge in [-0.15, -0.1) is 0 Å². The number of benzene rings is 3. The van der Waals surface area contributed by atoms with Gasteiger partial charge in [-0.05, 0) is 66.7 Å². The number of hydrogen-bond acceptors (Lipinski definition) is 6. The largest absolute Gasteiger partial charge is 0.497 e. The van der Waals surface area contributed by atoms with E-state index in [1.165, 1.54) is 15.9 Å². The topological polar surface area (TPSA) is 55.4 Å². The summed E-state index contributed by atoms with van der Waals surface area (Å²) in [5, 5.41) is 2.38. The Morgan fingerprint density at radius 3 is 2.19 bits per heavy atom. The molecule has 3 aromatic carbocycles. The van der Waals surface area contributed by atoms with Gasteiger partial charge in [0.1, 0.15) is 11.9 Å². The van der Waals surface area contributed by atoms with Crippen molar-refractivity contribution < 1.29 is 28.1 Å². The summed E-state index contributed by atoms with van der Waals surface area (Å²) in [7, 11) is -1.04. The number of hydrogen-bond donors (Lipinski definition) is 0. The van der Waals surface area contributed by atoms with Crippen molar-refractivity contribution in [2.75, 3.05) is 20.3 Å². The highest BCUT2D eigenvalue weighted by molar-refractivity contribution is 6.99. The molecule has 0 saturated carbocycles. The summed E-state index contributed by atoms with van der Waals surface area (Å²) < 4.78 is 37.7. The van der Waals surface area contributed by atoms with E-state index in [0.29, 0.717) is 32.7 Å². The minimum absolute atomic E-state index is 0.0568. The van der Waals surface area contributed by atoms with Crippen molar-refractivity contribution >= 4 is 18.7 Å². The van der Waals surface area contributed by atoms with Crippen LogP contribution in [0.1, 0.15) is 66.4 Å². The van der Waals surface area contributed by atoms with Crippen LogP contribution in [-0.2, 0) is 30.0 Å². The maximum absolute atomic E-state index is 7.21. The first kappa shape index (κ1) is 39.6. The first-order valence-corrected chi connectivity index (χ1v) is 20.4. The van der Waals surface area contributed by atoms with Crippen molar-refractivity contribution in [2.45, 2.75) is 103 Å². The highest BCUT2D eigenvalue weighted by Crippen LogP contribution is 2.37. The van der Waals surface area contributed by atoms with Crippen LogP contribution >= 0.6 is 0 Å². The van der Waals surface area contributed by atoms with E-state index in [1.807, 2.05) is 38.1 Å². The minimum Gasteiger partial charge on any atom is -0.497 e. The molecule has 4 atom stereocenters. The minimum atomic E-state index is -2.71. The van der Waals surface area contributed by atoms with E-state index >= 15 is 0 Å². The van der Waals surface area contributed by atoms with E-state index < -0.39 is 14.1 Å². The lowest BCUT2D eigenvalue weighted by atomic mass is 10.0. The smallest absolute Gasteiger partial charge is 0.261 e. The van der Waals surface area contributed by atoms with Gasteiger partial charge in [0.2, 0.25) is 0 Å². The summed E-state index contributed by atoms with van der Waals surface area (Å²) in [6, 6.07) is 29.5. The molecule has 1 saturated heterocycles. The lowest BCUT2D eigenvalue weighted by Gasteiger charge is -2.43. The molecule has 0 aliphatic carbocycles. The Bertz CT molecular complexity index is 1620. The van der Waals surface area contributed by atoms with Crippen LogP contribution in [0.3, 0.4) is 0 Å². The molecule has 0 unspecified atom stereocenters. The molecule has 6 nitrogen and oxygen atoms in total. The molecule has 0 aromatic heterocycles. The third kappa shape index (κ3) is 10.5. The Kier molecular flexibility index (Phi) is 13.7. The standard InChI is InChI=1S/C45H58O6Si/c1-34-28-29-47-39(30-34)26-27-43-42(50-45(6,7)51-43)21-15-16-38(48-33-36-22-24-37(46-8)25-23-36)31-35(2)32-49-52(44(3,4)5,40-17-11-9-12-18-40)41-19-13-10-14-20-41/h9-20,22-28,38-39,42-43H,2,21,29-33H2,1,3-8H3/b16-15+,27-26+/t38-,39-,42+,43+/m1/s1. The van der Waals surface area contributed by atoms with Crippen molar-refractivity contribution in [1.82, 2.24) is 0 Å². The van der Waals surface area contributed by atoms with E-state index in [9.17, 15) is 0 Å². The predicted molar refractivity (Wildman–Crippen MR) is 214 cm³/mol. The third-order valence-electron chi connectivity index (χ3n) is 9.74. The highest BCUT2D eigenvalue weighted by Gasteiger charge is 2.50. The Labute approximate surface area is 313 Å². The summed E-state index contributed by atoms with van der Waals surface area (Å²) in [6.07, 6.45) is 12.4. The molecule has 0 spiro atoms. The second-order valence-corrected chi connectivity index (χ2v) is 19.7. The van der Waals surface area contributed by atoms with Crippen molar-refractivity contribution in [3.8, 4) is 5.75 Å². The van der Waals surface area contributed by atoms with Crippen molar-refractivity contribution in [3.05, 3.63) is 139 Å². The van der Waals surface area contributed by atoms with Crippen molar-refractivity contribution in [1.29, 1.82) is 0 Å². The van der Waals surface area contributed by atoms with Crippen LogP contribution in [0.5, 0.6) is 5.75 Å². The van der Waals surface area contributed by atoms with Crippen LogP contribution < -0.4 is 15.1 Å². The Morgan fingerprint density at radius 2 is 1.60 bits per heavy atom. The molecule has 0 N–H and O–H groups in total. The molecule has 2 aliphatic rings. The fraction of sp³-hybridized carbons (Fsp3) is 0.422. The van der Waals surface area contributed by atoms with Crippen LogP contribution in [0.15, 0.2) is 133 Å². The van der Waals surface area contributed by atoms with Gasteiger partial charge in [0.15, 0.2) is 5.79 Å². The van der Waals surface area contributed by atoms with Crippen molar-refractivity contribution in [2.24, 2.45) is 0 Å². The summed E-state index contributed by atoms with van der Waals surface area (Å²) in [5.74, 6) is 0.147. The van der Waals surface area contributed by atoms with Gasteiger partial charge < -0.3 is 28.1 Å². The second-order valence-electron chi connectivity index (χ2n) is 15.4. The molecule has 0 radical (unpaired) electrons. The summed E-state index contributed by atoms with van der Waals surface area (Å²) in [4.78, 5) is 0. The summed E-state index contributed by atoms with van der Waals surface area (Å²) in [5.41, 5.74) is 3.41. The zero-order valence-electron chi connectivity index (χ0n) is 32.2. The molecule has 2 aliphatic heterocycles.